The first-order chi connectivity index (χ1) is 22.3. The van der Waals surface area contributed by atoms with Gasteiger partial charge in [-0.25, -0.2) is 0 Å². The van der Waals surface area contributed by atoms with Crippen molar-refractivity contribution in [2.75, 3.05) is 0 Å². The Labute approximate surface area is 262 Å². The first-order valence-electron chi connectivity index (χ1n) is 15.8. The largest absolute Gasteiger partial charge is 0.484 e. The van der Waals surface area contributed by atoms with Crippen molar-refractivity contribution >= 4 is 32.3 Å². The number of ether oxygens (including phenoxy) is 1. The van der Waals surface area contributed by atoms with E-state index in [1.165, 1.54) is 82.4 Å². The van der Waals surface area contributed by atoms with E-state index in [1.54, 1.807) is 0 Å². The molecule has 8 aromatic rings. The minimum absolute atomic E-state index is 0.0230. The lowest BCUT2D eigenvalue weighted by Crippen LogP contribution is -2.17. The molecule has 1 heteroatoms. The summed E-state index contributed by atoms with van der Waals surface area (Å²) >= 11 is 0. The smallest absolute Gasteiger partial charge is 0.135 e. The van der Waals surface area contributed by atoms with Gasteiger partial charge in [0.1, 0.15) is 11.9 Å². The molecule has 1 heterocycles. The molecule has 0 radical (unpaired) electrons. The molecule has 0 saturated carbocycles. The van der Waals surface area contributed by atoms with Gasteiger partial charge in [0.2, 0.25) is 0 Å². The van der Waals surface area contributed by atoms with Crippen LogP contribution >= 0.6 is 0 Å². The number of rotatable bonds is 2. The molecule has 2 aliphatic rings. The highest BCUT2D eigenvalue weighted by Crippen LogP contribution is 2.57. The van der Waals surface area contributed by atoms with Crippen molar-refractivity contribution in [3.05, 3.63) is 174 Å². The van der Waals surface area contributed by atoms with Crippen LogP contribution in [-0.2, 0) is 0 Å². The normalized spacial score (nSPS) is 16.2. The van der Waals surface area contributed by atoms with E-state index in [0.29, 0.717) is 0 Å². The highest BCUT2D eigenvalue weighted by atomic mass is 16.5. The molecule has 0 bridgehead atoms. The fourth-order valence-electron chi connectivity index (χ4n) is 8.09. The van der Waals surface area contributed by atoms with E-state index < -0.39 is 0 Å². The average molecular weight is 573 g/mol. The molecule has 8 aromatic carbocycles. The maximum Gasteiger partial charge on any atom is 0.135 e. The predicted molar refractivity (Wildman–Crippen MR) is 187 cm³/mol. The summed E-state index contributed by atoms with van der Waals surface area (Å²) in [6.45, 7) is 0. The first kappa shape index (κ1) is 24.7. The molecule has 0 fully saturated rings. The van der Waals surface area contributed by atoms with Gasteiger partial charge in [-0.1, -0.05) is 140 Å². The van der Waals surface area contributed by atoms with Gasteiger partial charge in [-0.05, 0) is 89.5 Å². The second kappa shape index (κ2) is 9.42. The van der Waals surface area contributed by atoms with Crippen molar-refractivity contribution in [1.82, 2.24) is 0 Å². The number of hydrogen-bond donors (Lipinski definition) is 0. The summed E-state index contributed by atoms with van der Waals surface area (Å²) < 4.78 is 6.68. The number of fused-ring (bicyclic) bond motifs is 11. The van der Waals surface area contributed by atoms with Crippen molar-refractivity contribution in [3.8, 4) is 39.1 Å². The topological polar surface area (TPSA) is 9.23 Å². The molecular formula is C44H28O. The van der Waals surface area contributed by atoms with Gasteiger partial charge in [0.25, 0.3) is 0 Å². The predicted octanol–water partition coefficient (Wildman–Crippen LogP) is 11.7. The van der Waals surface area contributed by atoms with E-state index >= 15 is 0 Å². The Balaban J connectivity index is 1.26. The van der Waals surface area contributed by atoms with Gasteiger partial charge in [0.15, 0.2) is 0 Å². The highest BCUT2D eigenvalue weighted by molar-refractivity contribution is 6.21. The van der Waals surface area contributed by atoms with Gasteiger partial charge < -0.3 is 4.74 Å². The van der Waals surface area contributed by atoms with Gasteiger partial charge in [-0.3, -0.25) is 0 Å². The molecule has 0 N–H and O–H groups in total. The fourth-order valence-corrected chi connectivity index (χ4v) is 8.09. The van der Waals surface area contributed by atoms with Crippen LogP contribution in [0.25, 0.3) is 65.7 Å². The quantitative estimate of drug-likeness (QED) is 0.187. The van der Waals surface area contributed by atoms with Crippen LogP contribution in [-0.4, -0.2) is 0 Å². The molecule has 1 aliphatic carbocycles. The van der Waals surface area contributed by atoms with E-state index in [0.717, 1.165) is 5.75 Å². The molecule has 0 amide bonds. The Hall–Kier alpha value is -5.66. The van der Waals surface area contributed by atoms with Crippen LogP contribution in [0.1, 0.15) is 28.7 Å². The summed E-state index contributed by atoms with van der Waals surface area (Å²) in [5.74, 6) is 1.15. The van der Waals surface area contributed by atoms with Crippen molar-refractivity contribution in [1.29, 1.82) is 0 Å². The van der Waals surface area contributed by atoms with Gasteiger partial charge in [-0.2, -0.15) is 0 Å². The molecule has 0 spiro atoms. The molecule has 0 aromatic heterocycles. The Kier molecular flexibility index (Phi) is 5.18. The number of para-hydroxylation sites is 1. The molecule has 1 aliphatic heterocycles. The van der Waals surface area contributed by atoms with E-state index in [1.807, 2.05) is 0 Å². The lowest BCUT2D eigenvalue weighted by atomic mass is 9.74. The SMILES string of the molecule is c1ccc2c(c1)OC1c3ccccc3-c3ccc(-c4c5ccccc5c(-c5ccc6ccccc6c5)c5ccccc45)cc3C21. The first-order valence-corrected chi connectivity index (χ1v) is 15.8. The van der Waals surface area contributed by atoms with Crippen LogP contribution < -0.4 is 4.74 Å². The van der Waals surface area contributed by atoms with Crippen molar-refractivity contribution in [2.24, 2.45) is 0 Å². The van der Waals surface area contributed by atoms with E-state index in [2.05, 4.69) is 158 Å². The van der Waals surface area contributed by atoms with Gasteiger partial charge in [0.05, 0.1) is 5.92 Å². The zero-order valence-corrected chi connectivity index (χ0v) is 24.6. The minimum atomic E-state index is -0.0230. The summed E-state index contributed by atoms with van der Waals surface area (Å²) in [6.07, 6.45) is -0.0230. The Bertz CT molecular complexity index is 2430. The van der Waals surface area contributed by atoms with Gasteiger partial charge >= 0.3 is 0 Å². The minimum Gasteiger partial charge on any atom is -0.484 e. The molecule has 2 atom stereocenters. The van der Waals surface area contributed by atoms with E-state index in [9.17, 15) is 0 Å². The third-order valence-electron chi connectivity index (χ3n) is 10.0. The van der Waals surface area contributed by atoms with Crippen molar-refractivity contribution in [2.45, 2.75) is 12.0 Å². The average Bonchev–Trinajstić information content (AvgIpc) is 3.50. The van der Waals surface area contributed by atoms with Crippen molar-refractivity contribution < 1.29 is 4.74 Å². The summed E-state index contributed by atoms with van der Waals surface area (Å²) in [5.41, 5.74) is 11.5. The highest BCUT2D eigenvalue weighted by Gasteiger charge is 2.42. The molecule has 0 saturated heterocycles. The lowest BCUT2D eigenvalue weighted by Gasteiger charge is -2.31. The van der Waals surface area contributed by atoms with E-state index in [4.69, 9.17) is 4.74 Å². The molecule has 1 nitrogen and oxygen atoms in total. The number of benzene rings is 8. The van der Waals surface area contributed by atoms with E-state index in [-0.39, 0.29) is 12.0 Å². The second-order valence-electron chi connectivity index (χ2n) is 12.3. The van der Waals surface area contributed by atoms with Crippen LogP contribution in [0.15, 0.2) is 158 Å². The fraction of sp³-hybridized carbons (Fsp3) is 0.0455. The zero-order valence-electron chi connectivity index (χ0n) is 24.6. The monoisotopic (exact) mass is 572 g/mol. The number of hydrogen-bond acceptors (Lipinski definition) is 1. The van der Waals surface area contributed by atoms with Crippen molar-refractivity contribution in [3.63, 3.8) is 0 Å². The van der Waals surface area contributed by atoms with Crippen LogP contribution in [0.5, 0.6) is 5.75 Å². The summed E-state index contributed by atoms with van der Waals surface area (Å²) in [7, 11) is 0. The lowest BCUT2D eigenvalue weighted by molar-refractivity contribution is 0.221. The van der Waals surface area contributed by atoms with Gasteiger partial charge in [0, 0.05) is 11.1 Å². The third kappa shape index (κ3) is 3.56. The summed E-state index contributed by atoms with van der Waals surface area (Å²) in [6, 6.07) is 57.9. The molecule has 10 rings (SSSR count). The molecule has 2 unspecified atom stereocenters. The summed E-state index contributed by atoms with van der Waals surface area (Å²) in [4.78, 5) is 0. The second-order valence-corrected chi connectivity index (χ2v) is 12.3. The van der Waals surface area contributed by atoms with Gasteiger partial charge in [-0.15, -0.1) is 0 Å². The maximum absolute atomic E-state index is 6.68. The summed E-state index contributed by atoms with van der Waals surface area (Å²) in [5, 5.41) is 7.62. The molecule has 45 heavy (non-hydrogen) atoms. The Morgan fingerprint density at radius 2 is 0.911 bits per heavy atom. The van der Waals surface area contributed by atoms with Crippen LogP contribution in [0, 0.1) is 0 Å². The standard InChI is InChI=1S/C44H28O/c1-2-12-28-25-29(22-21-27(28)11-1)41-33-14-4-6-16-35(33)42(36-17-7-5-15-34(36)41)30-23-24-32-31-13-3-8-18-37(31)44-43(39(32)26-30)38-19-9-10-20-40(38)45-44/h1-26,43-44H. The Morgan fingerprint density at radius 1 is 0.378 bits per heavy atom. The zero-order chi connectivity index (χ0) is 29.5. The van der Waals surface area contributed by atoms with Crippen LogP contribution in [0.4, 0.5) is 0 Å². The molecular weight excluding hydrogens is 544 g/mol. The van der Waals surface area contributed by atoms with Crippen LogP contribution in [0.2, 0.25) is 0 Å². The molecule has 210 valence electrons. The maximum atomic E-state index is 6.68. The van der Waals surface area contributed by atoms with Crippen LogP contribution in [0.3, 0.4) is 0 Å². The Morgan fingerprint density at radius 3 is 1.64 bits per heavy atom. The third-order valence-corrected chi connectivity index (χ3v) is 10.0.